The predicted octanol–water partition coefficient (Wildman–Crippen LogP) is 4.03. The second-order valence-corrected chi connectivity index (χ2v) is 6.45. The van der Waals surface area contributed by atoms with Gasteiger partial charge in [0.05, 0.1) is 26.3 Å². The van der Waals surface area contributed by atoms with Gasteiger partial charge in [-0.15, -0.1) is 0 Å². The van der Waals surface area contributed by atoms with Crippen LogP contribution in [0, 0.1) is 0 Å². The first-order valence-corrected chi connectivity index (χ1v) is 9.43. The van der Waals surface area contributed by atoms with E-state index in [1.807, 2.05) is 12.1 Å². The monoisotopic (exact) mass is 405 g/mol. The van der Waals surface area contributed by atoms with Gasteiger partial charge in [0.15, 0.2) is 11.5 Å². The van der Waals surface area contributed by atoms with Crippen LogP contribution < -0.4 is 14.8 Å². The highest BCUT2D eigenvalue weighted by Crippen LogP contribution is 2.31. The molecule has 154 valence electrons. The van der Waals surface area contributed by atoms with E-state index in [0.29, 0.717) is 28.2 Å². The topological polar surface area (TPSA) is 73.9 Å². The number of nitrogens with one attached hydrogen (secondary N) is 1. The number of carbonyl (C=O) groups is 2. The zero-order chi connectivity index (χ0) is 21.3. The molecule has 0 fully saturated rings. The maximum absolute atomic E-state index is 12.6. The summed E-state index contributed by atoms with van der Waals surface area (Å²) in [5, 5.41) is 2.83. The summed E-state index contributed by atoms with van der Waals surface area (Å²) in [6, 6.07) is 22.8. The Balaban J connectivity index is 1.82. The third-order valence-electron chi connectivity index (χ3n) is 4.52. The molecule has 0 heterocycles. The standard InChI is InChI=1S/C24H23NO5/c1-28-20-14-13-19(15-21(20)29-2)22(30-24(27)18-11-7-4-8-12-18)16-25-23(26)17-9-5-3-6-10-17/h3-15,22H,16H2,1-2H3,(H,25,26). The third-order valence-corrected chi connectivity index (χ3v) is 4.52. The van der Waals surface area contributed by atoms with Crippen LogP contribution in [0.15, 0.2) is 78.9 Å². The SMILES string of the molecule is COc1ccc(C(CNC(=O)c2ccccc2)OC(=O)c2ccccc2)cc1OC. The van der Waals surface area contributed by atoms with Crippen LogP contribution in [0.3, 0.4) is 0 Å². The van der Waals surface area contributed by atoms with Crippen LogP contribution in [0.25, 0.3) is 0 Å². The second kappa shape index (κ2) is 10.1. The molecular weight excluding hydrogens is 382 g/mol. The Hall–Kier alpha value is -3.80. The minimum Gasteiger partial charge on any atom is -0.493 e. The average Bonchev–Trinajstić information content (AvgIpc) is 2.82. The van der Waals surface area contributed by atoms with Crippen LogP contribution in [0.4, 0.5) is 0 Å². The van der Waals surface area contributed by atoms with Crippen molar-refractivity contribution in [2.24, 2.45) is 0 Å². The van der Waals surface area contributed by atoms with Gasteiger partial charge in [0.1, 0.15) is 6.10 Å². The Morgan fingerprint density at radius 2 is 1.40 bits per heavy atom. The van der Waals surface area contributed by atoms with Crippen molar-refractivity contribution < 1.29 is 23.8 Å². The molecule has 0 aromatic heterocycles. The number of ether oxygens (including phenoxy) is 3. The smallest absolute Gasteiger partial charge is 0.338 e. The number of carbonyl (C=O) groups excluding carboxylic acids is 2. The van der Waals surface area contributed by atoms with Crippen molar-refractivity contribution in [1.82, 2.24) is 5.32 Å². The lowest BCUT2D eigenvalue weighted by atomic mass is 10.1. The molecule has 0 radical (unpaired) electrons. The number of amides is 1. The Kier molecular flexibility index (Phi) is 7.05. The quantitative estimate of drug-likeness (QED) is 0.573. The van der Waals surface area contributed by atoms with Crippen LogP contribution >= 0.6 is 0 Å². The summed E-state index contributed by atoms with van der Waals surface area (Å²) in [7, 11) is 3.08. The van der Waals surface area contributed by atoms with Crippen LogP contribution in [-0.2, 0) is 4.74 Å². The summed E-state index contributed by atoms with van der Waals surface area (Å²) in [6.07, 6.45) is -0.717. The Morgan fingerprint density at radius 3 is 2.00 bits per heavy atom. The summed E-state index contributed by atoms with van der Waals surface area (Å²) < 4.78 is 16.4. The van der Waals surface area contributed by atoms with Crippen LogP contribution in [0.2, 0.25) is 0 Å². The summed E-state index contributed by atoms with van der Waals surface area (Å²) >= 11 is 0. The van der Waals surface area contributed by atoms with Crippen LogP contribution in [0.1, 0.15) is 32.4 Å². The van der Waals surface area contributed by atoms with Gasteiger partial charge >= 0.3 is 5.97 Å². The summed E-state index contributed by atoms with van der Waals surface area (Å²) in [6.45, 7) is 0.0990. The fourth-order valence-electron chi connectivity index (χ4n) is 2.93. The van der Waals surface area contributed by atoms with Gasteiger partial charge in [-0.25, -0.2) is 4.79 Å². The molecule has 1 amide bonds. The van der Waals surface area contributed by atoms with Crippen molar-refractivity contribution in [3.05, 3.63) is 95.6 Å². The largest absolute Gasteiger partial charge is 0.493 e. The fraction of sp³-hybridized carbons (Fsp3) is 0.167. The van der Waals surface area contributed by atoms with Crippen molar-refractivity contribution >= 4 is 11.9 Å². The lowest BCUT2D eigenvalue weighted by molar-refractivity contribution is 0.0292. The molecule has 3 aromatic carbocycles. The van der Waals surface area contributed by atoms with E-state index in [4.69, 9.17) is 14.2 Å². The molecule has 1 N–H and O–H groups in total. The number of esters is 1. The van der Waals surface area contributed by atoms with Gasteiger partial charge in [0.2, 0.25) is 0 Å². The van der Waals surface area contributed by atoms with Gasteiger partial charge < -0.3 is 19.5 Å². The van der Waals surface area contributed by atoms with Crippen LogP contribution in [-0.4, -0.2) is 32.6 Å². The van der Waals surface area contributed by atoms with E-state index in [-0.39, 0.29) is 12.5 Å². The second-order valence-electron chi connectivity index (χ2n) is 6.45. The van der Waals surface area contributed by atoms with E-state index in [1.165, 1.54) is 7.11 Å². The normalized spacial score (nSPS) is 11.3. The van der Waals surface area contributed by atoms with Gasteiger partial charge in [-0.05, 0) is 42.0 Å². The molecule has 0 aliphatic carbocycles. The summed E-state index contributed by atoms with van der Waals surface area (Å²) in [5.74, 6) is 0.328. The molecule has 0 spiro atoms. The average molecular weight is 405 g/mol. The van der Waals surface area contributed by atoms with Crippen molar-refractivity contribution in [3.63, 3.8) is 0 Å². The van der Waals surface area contributed by atoms with Crippen molar-refractivity contribution in [3.8, 4) is 11.5 Å². The van der Waals surface area contributed by atoms with E-state index in [2.05, 4.69) is 5.32 Å². The number of methoxy groups -OCH3 is 2. The van der Waals surface area contributed by atoms with E-state index < -0.39 is 12.1 Å². The molecule has 3 rings (SSSR count). The maximum Gasteiger partial charge on any atom is 0.338 e. The minimum atomic E-state index is -0.717. The molecule has 0 saturated carbocycles. The molecular formula is C24H23NO5. The van der Waals surface area contributed by atoms with Gasteiger partial charge in [0.25, 0.3) is 5.91 Å². The Bertz CT molecular complexity index is 989. The molecule has 1 atom stereocenters. The highest BCUT2D eigenvalue weighted by molar-refractivity contribution is 5.94. The Labute approximate surface area is 175 Å². The summed E-state index contributed by atoms with van der Waals surface area (Å²) in [5.41, 5.74) is 1.63. The Morgan fingerprint density at radius 1 is 0.800 bits per heavy atom. The first-order chi connectivity index (χ1) is 14.6. The van der Waals surface area contributed by atoms with Gasteiger partial charge in [0, 0.05) is 5.56 Å². The van der Waals surface area contributed by atoms with Gasteiger partial charge in [-0.2, -0.15) is 0 Å². The molecule has 0 bridgehead atoms. The first-order valence-electron chi connectivity index (χ1n) is 9.43. The lowest BCUT2D eigenvalue weighted by Gasteiger charge is -2.20. The van der Waals surface area contributed by atoms with Crippen molar-refractivity contribution in [1.29, 1.82) is 0 Å². The molecule has 0 aliphatic rings. The third kappa shape index (κ3) is 5.17. The zero-order valence-electron chi connectivity index (χ0n) is 16.8. The van der Waals surface area contributed by atoms with E-state index in [9.17, 15) is 9.59 Å². The number of benzene rings is 3. The highest BCUT2D eigenvalue weighted by Gasteiger charge is 2.21. The molecule has 1 unspecified atom stereocenters. The van der Waals surface area contributed by atoms with Crippen LogP contribution in [0.5, 0.6) is 11.5 Å². The molecule has 3 aromatic rings. The zero-order valence-corrected chi connectivity index (χ0v) is 16.8. The van der Waals surface area contributed by atoms with Crippen molar-refractivity contribution in [2.75, 3.05) is 20.8 Å². The molecule has 0 saturated heterocycles. The van der Waals surface area contributed by atoms with E-state index in [1.54, 1.807) is 73.8 Å². The highest BCUT2D eigenvalue weighted by atomic mass is 16.5. The fourth-order valence-corrected chi connectivity index (χ4v) is 2.93. The summed E-state index contributed by atoms with van der Waals surface area (Å²) in [4.78, 5) is 25.1. The van der Waals surface area contributed by atoms with Gasteiger partial charge in [-0.1, -0.05) is 42.5 Å². The van der Waals surface area contributed by atoms with E-state index >= 15 is 0 Å². The molecule has 6 nitrogen and oxygen atoms in total. The van der Waals surface area contributed by atoms with E-state index in [0.717, 1.165) is 0 Å². The van der Waals surface area contributed by atoms with Gasteiger partial charge in [-0.3, -0.25) is 4.79 Å². The minimum absolute atomic E-state index is 0.0990. The number of rotatable bonds is 8. The van der Waals surface area contributed by atoms with Crippen molar-refractivity contribution in [2.45, 2.75) is 6.10 Å². The number of hydrogen-bond acceptors (Lipinski definition) is 5. The lowest BCUT2D eigenvalue weighted by Crippen LogP contribution is -2.30. The molecule has 6 heteroatoms. The predicted molar refractivity (Wildman–Crippen MR) is 113 cm³/mol. The number of hydrogen-bond donors (Lipinski definition) is 1. The maximum atomic E-state index is 12.6. The molecule has 0 aliphatic heterocycles. The molecule has 30 heavy (non-hydrogen) atoms. The first kappa shape index (κ1) is 20.9.